The number of benzene rings is 1. The van der Waals surface area contributed by atoms with Crippen LogP contribution >= 0.6 is 0 Å². The Labute approximate surface area is 117 Å². The molecule has 0 saturated carbocycles. The Bertz CT molecular complexity index is 744. The van der Waals surface area contributed by atoms with Crippen molar-refractivity contribution in [3.63, 3.8) is 0 Å². The third-order valence-corrected chi connectivity index (χ3v) is 4.10. The molecule has 2 rings (SSSR count). The van der Waals surface area contributed by atoms with E-state index >= 15 is 0 Å². The van der Waals surface area contributed by atoms with Crippen LogP contribution in [0.2, 0.25) is 0 Å². The monoisotopic (exact) mass is 290 g/mol. The van der Waals surface area contributed by atoms with Gasteiger partial charge in [-0.25, -0.2) is 8.42 Å². The van der Waals surface area contributed by atoms with Crippen LogP contribution in [0, 0.1) is 11.3 Å². The second-order valence-corrected chi connectivity index (χ2v) is 5.89. The Morgan fingerprint density at radius 3 is 2.85 bits per heavy atom. The number of hydrogen-bond acceptors (Lipinski definition) is 4. The van der Waals surface area contributed by atoms with Gasteiger partial charge in [0.25, 0.3) is 10.0 Å². The van der Waals surface area contributed by atoms with Crippen molar-refractivity contribution in [2.24, 2.45) is 0 Å². The fraction of sp³-hybridized carbons (Fsp3) is 0.231. The number of aromatic nitrogens is 2. The lowest BCUT2D eigenvalue weighted by Crippen LogP contribution is -2.14. The Morgan fingerprint density at radius 2 is 2.15 bits per heavy atom. The predicted octanol–water partition coefficient (Wildman–Crippen LogP) is 2.03. The summed E-state index contributed by atoms with van der Waals surface area (Å²) in [5, 5.41) is 15.6. The van der Waals surface area contributed by atoms with Crippen LogP contribution in [0.25, 0.3) is 0 Å². The number of nitrogens with one attached hydrogen (secondary N) is 2. The molecular weight excluding hydrogens is 276 g/mol. The maximum Gasteiger partial charge on any atom is 0.264 e. The predicted molar refractivity (Wildman–Crippen MR) is 74.5 cm³/mol. The summed E-state index contributed by atoms with van der Waals surface area (Å²) >= 11 is 0. The molecule has 0 unspecified atom stereocenters. The molecule has 1 aromatic heterocycles. The molecule has 0 radical (unpaired) electrons. The molecule has 104 valence electrons. The molecule has 0 aliphatic heterocycles. The first-order valence-electron chi connectivity index (χ1n) is 6.13. The van der Waals surface area contributed by atoms with Crippen molar-refractivity contribution in [3.05, 3.63) is 41.6 Å². The molecule has 20 heavy (non-hydrogen) atoms. The zero-order valence-electron chi connectivity index (χ0n) is 10.9. The average Bonchev–Trinajstić information content (AvgIpc) is 2.85. The molecule has 0 atom stereocenters. The summed E-state index contributed by atoms with van der Waals surface area (Å²) in [6.07, 6.45) is 1.73. The molecule has 0 amide bonds. The van der Waals surface area contributed by atoms with Crippen LogP contribution in [0.1, 0.15) is 24.6 Å². The van der Waals surface area contributed by atoms with Crippen molar-refractivity contribution in [3.8, 4) is 6.07 Å². The molecule has 0 aliphatic carbocycles. The number of nitrogens with zero attached hydrogens (tertiary/aromatic N) is 2. The van der Waals surface area contributed by atoms with E-state index in [1.54, 1.807) is 18.2 Å². The van der Waals surface area contributed by atoms with E-state index in [2.05, 4.69) is 14.9 Å². The summed E-state index contributed by atoms with van der Waals surface area (Å²) in [4.78, 5) is -0.0532. The Balaban J connectivity index is 2.29. The number of nitriles is 1. The highest BCUT2D eigenvalue weighted by atomic mass is 32.2. The summed E-state index contributed by atoms with van der Waals surface area (Å²) in [7, 11) is -3.81. The molecule has 6 nitrogen and oxygen atoms in total. The van der Waals surface area contributed by atoms with Crippen molar-refractivity contribution < 1.29 is 8.42 Å². The molecule has 2 aromatic rings. The van der Waals surface area contributed by atoms with Crippen molar-refractivity contribution in [2.45, 2.75) is 24.7 Å². The van der Waals surface area contributed by atoms with E-state index in [4.69, 9.17) is 5.26 Å². The van der Waals surface area contributed by atoms with Crippen LogP contribution in [0.4, 0.5) is 5.82 Å². The normalized spacial score (nSPS) is 11.0. The van der Waals surface area contributed by atoms with E-state index in [-0.39, 0.29) is 16.3 Å². The van der Waals surface area contributed by atoms with E-state index in [1.807, 2.05) is 13.0 Å². The first-order valence-corrected chi connectivity index (χ1v) is 7.61. The minimum Gasteiger partial charge on any atom is -0.280 e. The van der Waals surface area contributed by atoms with E-state index < -0.39 is 10.0 Å². The second-order valence-electron chi connectivity index (χ2n) is 4.24. The number of aryl methyl sites for hydroxylation is 1. The lowest BCUT2D eigenvalue weighted by atomic mass is 10.2. The number of H-pyrrole nitrogens is 1. The van der Waals surface area contributed by atoms with Crippen LogP contribution in [-0.4, -0.2) is 18.6 Å². The van der Waals surface area contributed by atoms with Gasteiger partial charge in [-0.05, 0) is 18.6 Å². The summed E-state index contributed by atoms with van der Waals surface area (Å²) in [6.45, 7) is 2.02. The number of rotatable bonds is 5. The van der Waals surface area contributed by atoms with Gasteiger partial charge in [0.15, 0.2) is 5.82 Å². The van der Waals surface area contributed by atoms with Gasteiger partial charge in [-0.15, -0.1) is 0 Å². The van der Waals surface area contributed by atoms with E-state index in [1.165, 1.54) is 12.1 Å². The van der Waals surface area contributed by atoms with Gasteiger partial charge >= 0.3 is 0 Å². The van der Waals surface area contributed by atoms with Gasteiger partial charge < -0.3 is 0 Å². The summed E-state index contributed by atoms with van der Waals surface area (Å²) in [5.74, 6) is 0.223. The van der Waals surface area contributed by atoms with Crippen LogP contribution in [0.15, 0.2) is 35.2 Å². The molecule has 0 spiro atoms. The third kappa shape index (κ3) is 2.97. The highest BCUT2D eigenvalue weighted by Gasteiger charge is 2.19. The van der Waals surface area contributed by atoms with Gasteiger partial charge in [-0.3, -0.25) is 9.82 Å². The van der Waals surface area contributed by atoms with Gasteiger partial charge in [0.05, 0.1) is 5.56 Å². The second kappa shape index (κ2) is 5.75. The topological polar surface area (TPSA) is 98.6 Å². The van der Waals surface area contributed by atoms with Gasteiger partial charge in [-0.1, -0.05) is 25.5 Å². The zero-order chi connectivity index (χ0) is 14.6. The Kier molecular flexibility index (Phi) is 4.05. The fourth-order valence-corrected chi connectivity index (χ4v) is 2.95. The number of anilines is 1. The molecule has 1 aromatic carbocycles. The maximum absolute atomic E-state index is 12.2. The van der Waals surface area contributed by atoms with Gasteiger partial charge in [-0.2, -0.15) is 10.4 Å². The van der Waals surface area contributed by atoms with Crippen molar-refractivity contribution >= 4 is 15.8 Å². The smallest absolute Gasteiger partial charge is 0.264 e. The van der Waals surface area contributed by atoms with E-state index in [0.717, 1.165) is 18.5 Å². The zero-order valence-corrected chi connectivity index (χ0v) is 11.7. The first-order chi connectivity index (χ1) is 9.56. The maximum atomic E-state index is 12.2. The highest BCUT2D eigenvalue weighted by molar-refractivity contribution is 7.92. The van der Waals surface area contributed by atoms with Crippen LogP contribution in [-0.2, 0) is 16.4 Å². The lowest BCUT2D eigenvalue weighted by Gasteiger charge is -2.06. The summed E-state index contributed by atoms with van der Waals surface area (Å²) in [5.41, 5.74) is 0.961. The molecule has 1 heterocycles. The first kappa shape index (κ1) is 14.1. The molecule has 2 N–H and O–H groups in total. The number of sulfonamides is 1. The molecule has 0 bridgehead atoms. The minimum absolute atomic E-state index is 0.0532. The molecule has 0 saturated heterocycles. The van der Waals surface area contributed by atoms with Gasteiger partial charge in [0.1, 0.15) is 11.0 Å². The third-order valence-electron chi connectivity index (χ3n) is 2.69. The Hall–Kier alpha value is -2.33. The van der Waals surface area contributed by atoms with Gasteiger partial charge in [0, 0.05) is 11.8 Å². The Morgan fingerprint density at radius 1 is 1.40 bits per heavy atom. The molecule has 0 fully saturated rings. The quantitative estimate of drug-likeness (QED) is 0.880. The number of aromatic amines is 1. The van der Waals surface area contributed by atoms with E-state index in [0.29, 0.717) is 0 Å². The van der Waals surface area contributed by atoms with Crippen LogP contribution in [0.5, 0.6) is 0 Å². The summed E-state index contributed by atoms with van der Waals surface area (Å²) in [6, 6.07) is 9.55. The average molecular weight is 290 g/mol. The standard InChI is InChI=1S/C13H14N4O2S/c1-2-5-11-8-13(16-15-11)17-20(18,19)12-7-4-3-6-10(12)9-14/h3-4,6-8H,2,5H2,1H3,(H2,15,16,17). The van der Waals surface area contributed by atoms with Crippen molar-refractivity contribution in [2.75, 3.05) is 4.72 Å². The SMILES string of the molecule is CCCc1cc(NS(=O)(=O)c2ccccc2C#N)n[nH]1. The van der Waals surface area contributed by atoms with Crippen molar-refractivity contribution in [1.29, 1.82) is 5.26 Å². The van der Waals surface area contributed by atoms with Gasteiger partial charge in [0.2, 0.25) is 0 Å². The van der Waals surface area contributed by atoms with Crippen molar-refractivity contribution in [1.82, 2.24) is 10.2 Å². The van der Waals surface area contributed by atoms with E-state index in [9.17, 15) is 8.42 Å². The van der Waals surface area contributed by atoms with Crippen LogP contribution in [0.3, 0.4) is 0 Å². The molecule has 0 aliphatic rings. The lowest BCUT2D eigenvalue weighted by molar-refractivity contribution is 0.600. The summed E-state index contributed by atoms with van der Waals surface area (Å²) < 4.78 is 26.8. The molecular formula is C13H14N4O2S. The molecule has 7 heteroatoms. The highest BCUT2D eigenvalue weighted by Crippen LogP contribution is 2.18. The number of hydrogen-bond donors (Lipinski definition) is 2. The fourth-order valence-electron chi connectivity index (χ4n) is 1.80. The largest absolute Gasteiger partial charge is 0.280 e. The van der Waals surface area contributed by atoms with Crippen LogP contribution < -0.4 is 4.72 Å². The minimum atomic E-state index is -3.81.